The third-order valence-corrected chi connectivity index (χ3v) is 4.09. The number of hydrogen-bond donors (Lipinski definition) is 2. The lowest BCUT2D eigenvalue weighted by atomic mass is 10.2. The van der Waals surface area contributed by atoms with Crippen LogP contribution in [0.1, 0.15) is 26.5 Å². The number of nitrogen functional groups attached to an aromatic ring is 1. The molecule has 0 aliphatic heterocycles. The maximum Gasteiger partial charge on any atom is 0.357 e. The van der Waals surface area contributed by atoms with Crippen molar-refractivity contribution >= 4 is 17.6 Å². The van der Waals surface area contributed by atoms with Crippen LogP contribution in [0.5, 0.6) is 11.5 Å². The van der Waals surface area contributed by atoms with Crippen LogP contribution in [-0.2, 0) is 4.74 Å². The predicted molar refractivity (Wildman–Crippen MR) is 104 cm³/mol. The number of carbonyl (C=O) groups excluding carboxylic acids is 2. The molecule has 1 aromatic carbocycles. The van der Waals surface area contributed by atoms with Gasteiger partial charge in [0, 0.05) is 31.2 Å². The van der Waals surface area contributed by atoms with E-state index in [-0.39, 0.29) is 28.5 Å². The van der Waals surface area contributed by atoms with E-state index in [1.165, 1.54) is 37.2 Å². The average Bonchev–Trinajstić information content (AvgIpc) is 3.09. The van der Waals surface area contributed by atoms with E-state index in [0.29, 0.717) is 17.2 Å². The Hall–Kier alpha value is -4.32. The van der Waals surface area contributed by atoms with Gasteiger partial charge in [0.2, 0.25) is 0 Å². The fraction of sp³-hybridized carbons (Fsp3) is 0.100. The number of nitrogens with two attached hydrogens (primary N) is 1. The van der Waals surface area contributed by atoms with Gasteiger partial charge in [0.25, 0.3) is 5.91 Å². The number of amides is 1. The molecular formula is C20H17N5O4. The van der Waals surface area contributed by atoms with Crippen molar-refractivity contribution in [1.82, 2.24) is 14.9 Å². The molecule has 3 N–H and O–H groups in total. The molecule has 0 saturated heterocycles. The zero-order chi connectivity index (χ0) is 21.0. The average molecular weight is 391 g/mol. The number of rotatable bonds is 5. The van der Waals surface area contributed by atoms with Gasteiger partial charge in [-0.2, -0.15) is 5.26 Å². The molecule has 1 amide bonds. The van der Waals surface area contributed by atoms with E-state index in [4.69, 9.17) is 15.2 Å². The number of hydrogen-bond acceptors (Lipinski definition) is 7. The third kappa shape index (κ3) is 3.86. The summed E-state index contributed by atoms with van der Waals surface area (Å²) in [5, 5.41) is 11.7. The Morgan fingerprint density at radius 3 is 2.55 bits per heavy atom. The first-order valence-corrected chi connectivity index (χ1v) is 8.44. The summed E-state index contributed by atoms with van der Waals surface area (Å²) in [5.41, 5.74) is 7.02. The zero-order valence-corrected chi connectivity index (χ0v) is 15.7. The molecule has 9 nitrogen and oxygen atoms in total. The summed E-state index contributed by atoms with van der Waals surface area (Å²) >= 11 is 0. The molecule has 2 heterocycles. The fourth-order valence-corrected chi connectivity index (χ4v) is 2.66. The van der Waals surface area contributed by atoms with Crippen molar-refractivity contribution in [2.75, 3.05) is 19.9 Å². The second-order valence-electron chi connectivity index (χ2n) is 5.83. The molecule has 3 rings (SSSR count). The molecule has 3 aromatic rings. The summed E-state index contributed by atoms with van der Waals surface area (Å²) in [5.74, 6) is -0.0240. The summed E-state index contributed by atoms with van der Waals surface area (Å²) in [6, 6.07) is 11.9. The molecule has 0 aliphatic rings. The molecule has 0 atom stereocenters. The van der Waals surface area contributed by atoms with Crippen LogP contribution in [0, 0.1) is 11.3 Å². The number of anilines is 1. The Labute approximate surface area is 166 Å². The molecule has 146 valence electrons. The summed E-state index contributed by atoms with van der Waals surface area (Å²) in [7, 11) is 2.76. The van der Waals surface area contributed by atoms with Gasteiger partial charge in [-0.15, -0.1) is 0 Å². The van der Waals surface area contributed by atoms with Crippen molar-refractivity contribution in [2.45, 2.75) is 0 Å². The third-order valence-electron chi connectivity index (χ3n) is 4.09. The predicted octanol–water partition coefficient (Wildman–Crippen LogP) is 2.26. The highest BCUT2D eigenvalue weighted by atomic mass is 16.5. The van der Waals surface area contributed by atoms with Crippen LogP contribution in [0.25, 0.3) is 5.69 Å². The smallest absolute Gasteiger partial charge is 0.357 e. The quantitative estimate of drug-likeness (QED) is 0.638. The van der Waals surface area contributed by atoms with Crippen LogP contribution >= 0.6 is 0 Å². The first-order chi connectivity index (χ1) is 14.0. The summed E-state index contributed by atoms with van der Waals surface area (Å²) in [6.45, 7) is 0. The Kier molecular flexibility index (Phi) is 5.46. The summed E-state index contributed by atoms with van der Waals surface area (Å²) < 4.78 is 12.0. The van der Waals surface area contributed by atoms with Crippen LogP contribution in [0.2, 0.25) is 0 Å². The Balaban J connectivity index is 1.89. The van der Waals surface area contributed by atoms with E-state index >= 15 is 0 Å². The number of carbonyl (C=O) groups is 2. The van der Waals surface area contributed by atoms with Crippen molar-refractivity contribution in [1.29, 1.82) is 5.26 Å². The molecular weight excluding hydrogens is 374 g/mol. The number of nitrogens with zero attached hydrogens (tertiary/aromatic N) is 3. The molecule has 2 aromatic heterocycles. The Bertz CT molecular complexity index is 1110. The van der Waals surface area contributed by atoms with Crippen molar-refractivity contribution in [3.05, 3.63) is 65.7 Å². The molecule has 0 radical (unpaired) electrons. The van der Waals surface area contributed by atoms with Gasteiger partial charge in [-0.1, -0.05) is 0 Å². The van der Waals surface area contributed by atoms with Gasteiger partial charge in [-0.25, -0.2) is 4.79 Å². The van der Waals surface area contributed by atoms with Gasteiger partial charge < -0.3 is 25.1 Å². The molecule has 29 heavy (non-hydrogen) atoms. The van der Waals surface area contributed by atoms with E-state index in [0.717, 1.165) is 0 Å². The highest BCUT2D eigenvalue weighted by Gasteiger charge is 2.21. The Morgan fingerprint density at radius 2 is 1.93 bits per heavy atom. The van der Waals surface area contributed by atoms with E-state index in [1.807, 2.05) is 6.07 Å². The Morgan fingerprint density at radius 1 is 1.21 bits per heavy atom. The standard InChI is InChI=1S/C20H17N5O4/c1-23-19(26)16-9-15(7-8-24-16)29-14-5-3-13(4-6-14)25-11-12(10-21)17(22)18(25)20(27)28-2/h3-9,11H,22H2,1-2H3,(H,23,26). The molecule has 0 unspecified atom stereocenters. The lowest BCUT2D eigenvalue weighted by Gasteiger charge is -2.10. The van der Waals surface area contributed by atoms with Crippen molar-refractivity contribution in [3.63, 3.8) is 0 Å². The highest BCUT2D eigenvalue weighted by molar-refractivity contribution is 5.96. The van der Waals surface area contributed by atoms with Crippen molar-refractivity contribution in [3.8, 4) is 23.3 Å². The minimum atomic E-state index is -0.650. The van der Waals surface area contributed by atoms with Gasteiger partial charge in [0.15, 0.2) is 5.69 Å². The number of aromatic nitrogens is 2. The lowest BCUT2D eigenvalue weighted by molar-refractivity contribution is 0.0593. The van der Waals surface area contributed by atoms with E-state index in [1.54, 1.807) is 30.3 Å². The van der Waals surface area contributed by atoms with Crippen LogP contribution < -0.4 is 15.8 Å². The van der Waals surface area contributed by atoms with Gasteiger partial charge in [-0.05, 0) is 30.3 Å². The van der Waals surface area contributed by atoms with E-state index < -0.39 is 5.97 Å². The topological polar surface area (TPSA) is 132 Å². The van der Waals surface area contributed by atoms with Crippen LogP contribution in [-0.4, -0.2) is 35.6 Å². The first kappa shape index (κ1) is 19.4. The molecule has 0 fully saturated rings. The van der Waals surface area contributed by atoms with E-state index in [2.05, 4.69) is 10.3 Å². The van der Waals surface area contributed by atoms with Crippen molar-refractivity contribution in [2.24, 2.45) is 0 Å². The maximum atomic E-state index is 12.1. The summed E-state index contributed by atoms with van der Waals surface area (Å²) in [4.78, 5) is 27.7. The summed E-state index contributed by atoms with van der Waals surface area (Å²) in [6.07, 6.45) is 2.94. The van der Waals surface area contributed by atoms with Crippen LogP contribution in [0.4, 0.5) is 5.69 Å². The molecule has 9 heteroatoms. The van der Waals surface area contributed by atoms with Gasteiger partial charge in [0.05, 0.1) is 18.4 Å². The first-order valence-electron chi connectivity index (χ1n) is 8.44. The van der Waals surface area contributed by atoms with Crippen molar-refractivity contribution < 1.29 is 19.1 Å². The fourth-order valence-electron chi connectivity index (χ4n) is 2.66. The molecule has 0 saturated carbocycles. The van der Waals surface area contributed by atoms with Crippen LogP contribution in [0.3, 0.4) is 0 Å². The second-order valence-corrected chi connectivity index (χ2v) is 5.83. The number of pyridine rings is 1. The number of esters is 1. The van der Waals surface area contributed by atoms with E-state index in [9.17, 15) is 14.9 Å². The number of nitrogens with one attached hydrogen (secondary N) is 1. The van der Waals surface area contributed by atoms with Crippen LogP contribution in [0.15, 0.2) is 48.8 Å². The molecule has 0 aliphatic carbocycles. The number of nitriles is 1. The number of benzene rings is 1. The van der Waals surface area contributed by atoms with Gasteiger partial charge in [-0.3, -0.25) is 9.78 Å². The minimum absolute atomic E-state index is 0.0539. The van der Waals surface area contributed by atoms with Gasteiger partial charge >= 0.3 is 5.97 Å². The molecule has 0 spiro atoms. The monoisotopic (exact) mass is 391 g/mol. The largest absolute Gasteiger partial charge is 0.464 e. The lowest BCUT2D eigenvalue weighted by Crippen LogP contribution is -2.18. The zero-order valence-electron chi connectivity index (χ0n) is 15.7. The number of methoxy groups -OCH3 is 1. The SMILES string of the molecule is CNC(=O)c1cc(Oc2ccc(-n3cc(C#N)c(N)c3C(=O)OC)cc2)ccn1. The maximum absolute atomic E-state index is 12.1. The second kappa shape index (κ2) is 8.14. The normalized spacial score (nSPS) is 10.1. The van der Waals surface area contributed by atoms with Gasteiger partial charge in [0.1, 0.15) is 23.3 Å². The highest BCUT2D eigenvalue weighted by Crippen LogP contribution is 2.27. The number of ether oxygens (including phenoxy) is 2. The minimum Gasteiger partial charge on any atom is -0.464 e. The molecule has 0 bridgehead atoms.